The van der Waals surface area contributed by atoms with E-state index in [4.69, 9.17) is 9.47 Å². The Morgan fingerprint density at radius 2 is 1.00 bits per heavy atom. The molecule has 0 atom stereocenters. The highest BCUT2D eigenvalue weighted by atomic mass is 32.1. The number of ether oxygens (including phenoxy) is 2. The summed E-state index contributed by atoms with van der Waals surface area (Å²) in [4.78, 5) is 22.3. The number of thiophene rings is 2. The van der Waals surface area contributed by atoms with Gasteiger partial charge in [0.2, 0.25) is 0 Å². The molecule has 0 spiro atoms. The topological polar surface area (TPSA) is 113 Å². The van der Waals surface area contributed by atoms with E-state index in [2.05, 4.69) is 58.6 Å². The van der Waals surface area contributed by atoms with Gasteiger partial charge in [0.15, 0.2) is 5.57 Å². The molecule has 0 aromatic carbocycles. The molecule has 0 saturated heterocycles. The van der Waals surface area contributed by atoms with Gasteiger partial charge in [-0.3, -0.25) is 4.79 Å². The van der Waals surface area contributed by atoms with E-state index in [9.17, 15) is 20.6 Å². The Labute approximate surface area is 422 Å². The van der Waals surface area contributed by atoms with E-state index in [-0.39, 0.29) is 28.3 Å². The number of hydrogen-bond donors (Lipinski definition) is 0. The Morgan fingerprint density at radius 1 is 0.544 bits per heavy atom. The van der Waals surface area contributed by atoms with Gasteiger partial charge in [0.05, 0.1) is 39.9 Å². The summed E-state index contributed by atoms with van der Waals surface area (Å²) in [6.45, 7) is 20.6. The van der Waals surface area contributed by atoms with Crippen LogP contribution in [0.4, 0.5) is 5.00 Å². The van der Waals surface area contributed by atoms with E-state index < -0.39 is 0 Å². The SMILES string of the molecule is CCCCCCc1c(/C=C/C2=C(C#N)C(=C(C#N)C#N)N(CCCC)C2=O)sc(-c2sc(N(CCOCCCC)CCOCCCC)c(CCCCCC)c2CCCCCC)c1CCCCCC. The fourth-order valence-corrected chi connectivity index (χ4v) is 12.0. The molecule has 10 heteroatoms. The summed E-state index contributed by atoms with van der Waals surface area (Å²) in [5, 5.41) is 31.9. The molecule has 0 unspecified atom stereocenters. The zero-order valence-electron chi connectivity index (χ0n) is 43.8. The second kappa shape index (κ2) is 35.4. The first-order chi connectivity index (χ1) is 33.3. The molecule has 2 aromatic rings. The molecule has 0 radical (unpaired) electrons. The maximum atomic E-state index is 14.2. The second-order valence-electron chi connectivity index (χ2n) is 18.6. The van der Waals surface area contributed by atoms with Gasteiger partial charge in [0.1, 0.15) is 18.2 Å². The smallest absolute Gasteiger partial charge is 0.259 e. The summed E-state index contributed by atoms with van der Waals surface area (Å²) in [6, 6.07) is 6.21. The van der Waals surface area contributed by atoms with Crippen molar-refractivity contribution in [2.24, 2.45) is 0 Å². The van der Waals surface area contributed by atoms with Gasteiger partial charge in [-0.2, -0.15) is 15.8 Å². The largest absolute Gasteiger partial charge is 0.380 e. The van der Waals surface area contributed by atoms with Crippen molar-refractivity contribution >= 4 is 39.7 Å². The molecule has 1 amide bonds. The third-order valence-electron chi connectivity index (χ3n) is 13.1. The van der Waals surface area contributed by atoms with Gasteiger partial charge in [-0.15, -0.1) is 22.7 Å². The Balaban J connectivity index is 2.43. The third-order valence-corrected chi connectivity index (χ3v) is 15.9. The molecule has 3 rings (SSSR count). The van der Waals surface area contributed by atoms with E-state index in [1.165, 1.54) is 119 Å². The van der Waals surface area contributed by atoms with Crippen molar-refractivity contribution in [2.75, 3.05) is 51.0 Å². The molecule has 1 aliphatic rings. The molecule has 0 fully saturated rings. The van der Waals surface area contributed by atoms with Crippen LogP contribution in [-0.4, -0.2) is 56.9 Å². The van der Waals surface area contributed by atoms with Crippen LogP contribution in [0.2, 0.25) is 0 Å². The van der Waals surface area contributed by atoms with Crippen LogP contribution in [0.3, 0.4) is 0 Å². The molecular formula is C58H89N5O3S2. The average Bonchev–Trinajstić information content (AvgIpc) is 3.97. The minimum atomic E-state index is -0.312. The molecule has 376 valence electrons. The Hall–Kier alpha value is -3.72. The van der Waals surface area contributed by atoms with E-state index in [1.807, 2.05) is 47.8 Å². The molecule has 68 heavy (non-hydrogen) atoms. The van der Waals surface area contributed by atoms with E-state index in [1.54, 1.807) is 0 Å². The molecular weight excluding hydrogens is 879 g/mol. The first kappa shape index (κ1) is 58.6. The molecule has 0 aliphatic carbocycles. The minimum Gasteiger partial charge on any atom is -0.380 e. The van der Waals surface area contributed by atoms with Gasteiger partial charge < -0.3 is 19.3 Å². The second-order valence-corrected chi connectivity index (χ2v) is 20.7. The molecule has 2 aromatic heterocycles. The fraction of sp³-hybridized carbons (Fsp3) is 0.690. The van der Waals surface area contributed by atoms with Gasteiger partial charge in [-0.25, -0.2) is 0 Å². The summed E-state index contributed by atoms with van der Waals surface area (Å²) in [5.74, 6) is -0.312. The van der Waals surface area contributed by atoms with Crippen LogP contribution in [0.1, 0.15) is 217 Å². The van der Waals surface area contributed by atoms with E-state index >= 15 is 0 Å². The average molecular weight is 969 g/mol. The predicted molar refractivity (Wildman–Crippen MR) is 289 cm³/mol. The summed E-state index contributed by atoms with van der Waals surface area (Å²) >= 11 is 3.89. The molecule has 0 N–H and O–H groups in total. The lowest BCUT2D eigenvalue weighted by Gasteiger charge is -2.25. The standard InChI is InChI=1S/C58H89N5O3S2/c1-8-15-22-26-30-47-48(31-27-23-16-9-2)55(67-53(47)35-34-50-52(45-61)54(46(43-59)44-60)63(57(50)64)36-19-12-5)56-49(32-28-24-17-10-3)51(33-29-25-18-11-4)58(68-56)62(37-41-65-39-20-13-6)38-42-66-40-21-14-7/h34-35H,8-33,36-42H2,1-7H3/b35-34+. The van der Waals surface area contributed by atoms with Crippen molar-refractivity contribution in [3.63, 3.8) is 0 Å². The molecule has 1 aliphatic heterocycles. The fourth-order valence-electron chi connectivity index (χ4n) is 9.06. The van der Waals surface area contributed by atoms with Crippen molar-refractivity contribution < 1.29 is 14.3 Å². The normalized spacial score (nSPS) is 12.7. The van der Waals surface area contributed by atoms with E-state index in [0.717, 1.165) is 115 Å². The maximum absolute atomic E-state index is 14.2. The van der Waals surface area contributed by atoms with E-state index in [0.29, 0.717) is 26.2 Å². The Bertz CT molecular complexity index is 1970. The first-order valence-electron chi connectivity index (χ1n) is 27.2. The zero-order valence-corrected chi connectivity index (χ0v) is 45.4. The third kappa shape index (κ3) is 18.2. The highest BCUT2D eigenvalue weighted by Gasteiger charge is 2.36. The number of unbranched alkanes of at least 4 members (excludes halogenated alkanes) is 15. The summed E-state index contributed by atoms with van der Waals surface area (Å²) in [7, 11) is 0. The zero-order chi connectivity index (χ0) is 49.4. The van der Waals surface area contributed by atoms with Gasteiger partial charge in [0, 0.05) is 42.6 Å². The van der Waals surface area contributed by atoms with Crippen molar-refractivity contribution in [3.8, 4) is 28.0 Å². The first-order valence-corrected chi connectivity index (χ1v) is 28.9. The highest BCUT2D eigenvalue weighted by Crippen LogP contribution is 2.50. The van der Waals surface area contributed by atoms with Gasteiger partial charge in [-0.1, -0.05) is 145 Å². The summed E-state index contributed by atoms with van der Waals surface area (Å²) in [6.07, 6.45) is 33.0. The van der Waals surface area contributed by atoms with Crippen LogP contribution in [0.25, 0.3) is 15.8 Å². The van der Waals surface area contributed by atoms with Crippen LogP contribution in [-0.2, 0) is 40.0 Å². The molecule has 0 saturated carbocycles. The maximum Gasteiger partial charge on any atom is 0.259 e. The van der Waals surface area contributed by atoms with Crippen molar-refractivity contribution in [1.29, 1.82) is 15.8 Å². The number of nitriles is 3. The number of hydrogen-bond acceptors (Lipinski definition) is 9. The highest BCUT2D eigenvalue weighted by molar-refractivity contribution is 7.25. The number of amides is 1. The van der Waals surface area contributed by atoms with Crippen LogP contribution >= 0.6 is 22.7 Å². The number of nitrogens with zero attached hydrogens (tertiary/aromatic N) is 5. The summed E-state index contributed by atoms with van der Waals surface area (Å²) < 4.78 is 12.6. The lowest BCUT2D eigenvalue weighted by atomic mass is 9.93. The minimum absolute atomic E-state index is 0.115. The number of allylic oxidation sites excluding steroid dienone is 2. The predicted octanol–water partition coefficient (Wildman–Crippen LogP) is 16.2. The Morgan fingerprint density at radius 3 is 1.47 bits per heavy atom. The van der Waals surface area contributed by atoms with Crippen molar-refractivity contribution in [2.45, 2.75) is 215 Å². The van der Waals surface area contributed by atoms with Gasteiger partial charge in [0.25, 0.3) is 5.91 Å². The molecule has 3 heterocycles. The molecule has 0 bridgehead atoms. The van der Waals surface area contributed by atoms with Crippen molar-refractivity contribution in [1.82, 2.24) is 4.90 Å². The Kier molecular flexibility index (Phi) is 30.5. The number of anilines is 1. The number of carbonyl (C=O) groups is 1. The van der Waals surface area contributed by atoms with Crippen LogP contribution in [0.15, 0.2) is 28.5 Å². The van der Waals surface area contributed by atoms with Gasteiger partial charge in [-0.05, 0) is 105 Å². The number of rotatable bonds is 39. The van der Waals surface area contributed by atoms with Crippen LogP contribution in [0, 0.1) is 34.0 Å². The lowest BCUT2D eigenvalue weighted by molar-refractivity contribution is -0.124. The quantitative estimate of drug-likeness (QED) is 0.0484. The van der Waals surface area contributed by atoms with Crippen molar-refractivity contribution in [3.05, 3.63) is 55.6 Å². The van der Waals surface area contributed by atoms with Gasteiger partial charge >= 0.3 is 0 Å². The monoisotopic (exact) mass is 968 g/mol. The molecule has 8 nitrogen and oxygen atoms in total. The number of carbonyl (C=O) groups excluding carboxylic acids is 1. The van der Waals surface area contributed by atoms with Crippen LogP contribution < -0.4 is 4.90 Å². The lowest BCUT2D eigenvalue weighted by Crippen LogP contribution is -2.31. The summed E-state index contributed by atoms with van der Waals surface area (Å²) in [5.41, 5.74) is 6.25. The van der Waals surface area contributed by atoms with Crippen LogP contribution in [0.5, 0.6) is 0 Å².